The topological polar surface area (TPSA) is 95.5 Å². The molecule has 3 N–H and O–H groups in total. The predicted octanol–water partition coefficient (Wildman–Crippen LogP) is 6.01. The van der Waals surface area contributed by atoms with Crippen molar-refractivity contribution in [1.29, 1.82) is 0 Å². The van der Waals surface area contributed by atoms with E-state index in [-0.39, 0.29) is 17.2 Å². The zero-order chi connectivity index (χ0) is 29.1. The first kappa shape index (κ1) is 32.1. The summed E-state index contributed by atoms with van der Waals surface area (Å²) in [5, 5.41) is 18.2. The third-order valence-electron chi connectivity index (χ3n) is 6.73. The van der Waals surface area contributed by atoms with Crippen LogP contribution in [0.5, 0.6) is 0 Å². The van der Waals surface area contributed by atoms with Gasteiger partial charge in [-0.25, -0.2) is 8.42 Å². The van der Waals surface area contributed by atoms with Crippen molar-refractivity contribution in [2.45, 2.75) is 69.5 Å². The molecular formula is C31H38Cl2N2O4S. The molecule has 1 amide bonds. The number of unbranched alkanes of at least 4 members (excludes halogenated alkanes) is 2. The van der Waals surface area contributed by atoms with Gasteiger partial charge in [0.15, 0.2) is 9.84 Å². The summed E-state index contributed by atoms with van der Waals surface area (Å²) in [4.78, 5) is 13.4. The van der Waals surface area contributed by atoms with Gasteiger partial charge >= 0.3 is 0 Å². The lowest BCUT2D eigenvalue weighted by atomic mass is 10.00. The van der Waals surface area contributed by atoms with Gasteiger partial charge in [0.25, 0.3) is 5.91 Å². The van der Waals surface area contributed by atoms with Crippen LogP contribution in [0.15, 0.2) is 71.6 Å². The van der Waals surface area contributed by atoms with Crippen LogP contribution in [0.25, 0.3) is 0 Å². The smallest absolute Gasteiger partial charge is 0.251 e. The summed E-state index contributed by atoms with van der Waals surface area (Å²) < 4.78 is 25.2. The lowest BCUT2D eigenvalue weighted by Crippen LogP contribution is -2.48. The minimum absolute atomic E-state index is 0.0819. The molecule has 0 spiro atoms. The van der Waals surface area contributed by atoms with Crippen molar-refractivity contribution in [3.63, 3.8) is 0 Å². The maximum absolute atomic E-state index is 13.2. The van der Waals surface area contributed by atoms with Gasteiger partial charge in [0, 0.05) is 28.7 Å². The summed E-state index contributed by atoms with van der Waals surface area (Å²) in [5.74, 6) is -0.332. The molecule has 3 rings (SSSR count). The Bertz CT molecular complexity index is 1340. The Balaban J connectivity index is 1.71. The number of sulfone groups is 1. The Labute approximate surface area is 248 Å². The second-order valence-corrected chi connectivity index (χ2v) is 13.0. The molecule has 0 fully saturated rings. The SMILES string of the molecule is CCCCCS(=O)(=O)c1ccc(C(=O)N[C@@H](Cc2cc(Cl)cc(Cl)c2)[C@H](O)CNCc2cccc(CC)c2)cc1. The van der Waals surface area contributed by atoms with E-state index < -0.39 is 27.9 Å². The van der Waals surface area contributed by atoms with E-state index in [1.54, 1.807) is 18.2 Å². The number of aliphatic hydroxyl groups is 1. The molecule has 0 saturated heterocycles. The zero-order valence-corrected chi connectivity index (χ0v) is 25.3. The van der Waals surface area contributed by atoms with Crippen LogP contribution in [-0.4, -0.2) is 43.9 Å². The lowest BCUT2D eigenvalue weighted by Gasteiger charge is -2.25. The van der Waals surface area contributed by atoms with E-state index in [9.17, 15) is 18.3 Å². The van der Waals surface area contributed by atoms with Crippen molar-refractivity contribution in [2.75, 3.05) is 12.3 Å². The Morgan fingerprint density at radius 3 is 2.23 bits per heavy atom. The highest BCUT2D eigenvalue weighted by Gasteiger charge is 2.23. The molecule has 0 aliphatic rings. The second-order valence-electron chi connectivity index (χ2n) is 9.98. The number of rotatable bonds is 15. The minimum Gasteiger partial charge on any atom is -0.390 e. The number of aliphatic hydroxyl groups excluding tert-OH is 1. The molecule has 0 radical (unpaired) electrons. The second kappa shape index (κ2) is 15.5. The number of hydrogen-bond acceptors (Lipinski definition) is 5. The van der Waals surface area contributed by atoms with Crippen molar-refractivity contribution in [1.82, 2.24) is 10.6 Å². The fraction of sp³-hybridized carbons (Fsp3) is 0.387. The third-order valence-corrected chi connectivity index (χ3v) is 8.99. The van der Waals surface area contributed by atoms with Crippen molar-refractivity contribution in [3.05, 3.63) is 99.0 Å². The van der Waals surface area contributed by atoms with Crippen LogP contribution in [0.1, 0.15) is 60.2 Å². The highest BCUT2D eigenvalue weighted by Crippen LogP contribution is 2.21. The van der Waals surface area contributed by atoms with Gasteiger partial charge in [0.1, 0.15) is 0 Å². The number of benzene rings is 3. The fourth-order valence-corrected chi connectivity index (χ4v) is 6.40. The van der Waals surface area contributed by atoms with Crippen LogP contribution < -0.4 is 10.6 Å². The van der Waals surface area contributed by atoms with Crippen LogP contribution >= 0.6 is 23.2 Å². The molecule has 40 heavy (non-hydrogen) atoms. The van der Waals surface area contributed by atoms with E-state index in [1.165, 1.54) is 29.8 Å². The molecule has 0 aliphatic heterocycles. The van der Waals surface area contributed by atoms with Crippen molar-refractivity contribution >= 4 is 38.9 Å². The van der Waals surface area contributed by atoms with E-state index in [4.69, 9.17) is 23.2 Å². The van der Waals surface area contributed by atoms with Gasteiger partial charge in [-0.15, -0.1) is 0 Å². The number of carbonyl (C=O) groups is 1. The Morgan fingerprint density at radius 2 is 1.57 bits per heavy atom. The molecule has 0 saturated carbocycles. The molecule has 6 nitrogen and oxygen atoms in total. The normalized spacial score (nSPS) is 13.1. The summed E-state index contributed by atoms with van der Waals surface area (Å²) in [6, 6.07) is 18.6. The monoisotopic (exact) mass is 604 g/mol. The number of halogens is 2. The first-order valence-corrected chi connectivity index (χ1v) is 16.1. The summed E-state index contributed by atoms with van der Waals surface area (Å²) in [6.45, 7) is 4.94. The van der Waals surface area contributed by atoms with Gasteiger partial charge in [-0.1, -0.05) is 74.2 Å². The largest absolute Gasteiger partial charge is 0.390 e. The summed E-state index contributed by atoms with van der Waals surface area (Å²) in [6.07, 6.45) is 2.70. The number of carbonyl (C=O) groups excluding carboxylic acids is 1. The molecule has 0 aromatic heterocycles. The maximum Gasteiger partial charge on any atom is 0.251 e. The van der Waals surface area contributed by atoms with Gasteiger partial charge < -0.3 is 15.7 Å². The van der Waals surface area contributed by atoms with Gasteiger partial charge in [-0.2, -0.15) is 0 Å². The summed E-state index contributed by atoms with van der Waals surface area (Å²) in [5.41, 5.74) is 3.42. The number of amides is 1. The molecule has 0 heterocycles. The lowest BCUT2D eigenvalue weighted by molar-refractivity contribution is 0.0830. The molecule has 0 unspecified atom stereocenters. The van der Waals surface area contributed by atoms with Gasteiger partial charge in [-0.05, 0) is 78.4 Å². The number of hydrogen-bond donors (Lipinski definition) is 3. The zero-order valence-electron chi connectivity index (χ0n) is 23.0. The van der Waals surface area contributed by atoms with E-state index in [2.05, 4.69) is 29.7 Å². The van der Waals surface area contributed by atoms with Crippen molar-refractivity contribution in [3.8, 4) is 0 Å². The number of aryl methyl sites for hydroxylation is 1. The molecular weight excluding hydrogens is 567 g/mol. The van der Waals surface area contributed by atoms with Gasteiger partial charge in [0.05, 0.1) is 22.8 Å². The molecule has 3 aromatic carbocycles. The van der Waals surface area contributed by atoms with Gasteiger partial charge in [0.2, 0.25) is 0 Å². The summed E-state index contributed by atoms with van der Waals surface area (Å²) >= 11 is 12.4. The average molecular weight is 606 g/mol. The molecule has 2 atom stereocenters. The van der Waals surface area contributed by atoms with Gasteiger partial charge in [-0.3, -0.25) is 4.79 Å². The van der Waals surface area contributed by atoms with E-state index in [0.717, 1.165) is 30.4 Å². The molecule has 3 aromatic rings. The quantitative estimate of drug-likeness (QED) is 0.185. The highest BCUT2D eigenvalue weighted by atomic mass is 35.5. The average Bonchev–Trinajstić information content (AvgIpc) is 2.92. The van der Waals surface area contributed by atoms with Crippen LogP contribution in [-0.2, 0) is 29.2 Å². The van der Waals surface area contributed by atoms with Crippen LogP contribution in [0, 0.1) is 0 Å². The van der Waals surface area contributed by atoms with Crippen LogP contribution in [0.2, 0.25) is 10.0 Å². The molecule has 0 bridgehead atoms. The van der Waals surface area contributed by atoms with Crippen molar-refractivity contribution < 1.29 is 18.3 Å². The standard InChI is InChI=1S/C31H38Cl2N2O4S/c1-3-5-6-14-40(38,39)28-12-10-25(11-13-28)31(37)35-29(18-24-16-26(32)19-27(33)17-24)30(36)21-34-20-23-9-7-8-22(4-2)15-23/h7-13,15-17,19,29-30,34,36H,3-6,14,18,20-21H2,1-2H3,(H,35,37)/t29-,30+/m0/s1. The van der Waals surface area contributed by atoms with Crippen LogP contribution in [0.4, 0.5) is 0 Å². The molecule has 9 heteroatoms. The van der Waals surface area contributed by atoms with E-state index in [0.29, 0.717) is 35.0 Å². The van der Waals surface area contributed by atoms with Crippen LogP contribution in [0.3, 0.4) is 0 Å². The number of nitrogens with one attached hydrogen (secondary N) is 2. The predicted molar refractivity (Wildman–Crippen MR) is 163 cm³/mol. The van der Waals surface area contributed by atoms with E-state index in [1.807, 2.05) is 19.1 Å². The molecule has 216 valence electrons. The third kappa shape index (κ3) is 9.89. The van der Waals surface area contributed by atoms with Crippen molar-refractivity contribution in [2.24, 2.45) is 0 Å². The Hall–Kier alpha value is -2.42. The van der Waals surface area contributed by atoms with E-state index >= 15 is 0 Å². The fourth-order valence-electron chi connectivity index (χ4n) is 4.46. The first-order chi connectivity index (χ1) is 19.1. The maximum atomic E-state index is 13.2. The highest BCUT2D eigenvalue weighted by molar-refractivity contribution is 7.91. The summed E-state index contributed by atoms with van der Waals surface area (Å²) in [7, 11) is -3.40. The first-order valence-electron chi connectivity index (χ1n) is 13.7. The Morgan fingerprint density at radius 1 is 0.900 bits per heavy atom. The minimum atomic E-state index is -3.40. The molecule has 0 aliphatic carbocycles. The Kier molecular flexibility index (Phi) is 12.5.